The van der Waals surface area contributed by atoms with Gasteiger partial charge in [0.1, 0.15) is 17.9 Å². The maximum Gasteiger partial charge on any atom is 0.339 e. The summed E-state index contributed by atoms with van der Waals surface area (Å²) in [6.07, 6.45) is 5.46. The van der Waals surface area contributed by atoms with Crippen molar-refractivity contribution in [3.63, 3.8) is 0 Å². The van der Waals surface area contributed by atoms with E-state index in [0.29, 0.717) is 18.9 Å². The lowest BCUT2D eigenvalue weighted by atomic mass is 9.82. The summed E-state index contributed by atoms with van der Waals surface area (Å²) in [5.74, 6) is -0.605. The van der Waals surface area contributed by atoms with Crippen LogP contribution in [-0.4, -0.2) is 41.5 Å². The van der Waals surface area contributed by atoms with Crippen LogP contribution in [0.3, 0.4) is 0 Å². The van der Waals surface area contributed by atoms with Crippen LogP contribution in [0.1, 0.15) is 42.5 Å². The van der Waals surface area contributed by atoms with Crippen molar-refractivity contribution in [2.24, 2.45) is 0 Å². The Morgan fingerprint density at radius 1 is 1.24 bits per heavy atom. The van der Waals surface area contributed by atoms with Crippen LogP contribution in [0.5, 0.6) is 5.75 Å². The van der Waals surface area contributed by atoms with E-state index in [9.17, 15) is 9.90 Å². The lowest BCUT2D eigenvalue weighted by Gasteiger charge is -2.36. The molecule has 0 bridgehead atoms. The first-order chi connectivity index (χ1) is 10.2. The molecule has 1 saturated carbocycles. The Morgan fingerprint density at radius 2 is 1.95 bits per heavy atom. The van der Waals surface area contributed by atoms with Crippen LogP contribution < -0.4 is 10.1 Å². The maximum absolute atomic E-state index is 11.1. The van der Waals surface area contributed by atoms with Gasteiger partial charge in [-0.05, 0) is 25.0 Å². The largest absolute Gasteiger partial charge is 0.491 e. The number of nitrogens with one attached hydrogen (secondary N) is 1. The molecule has 1 fully saturated rings. The Balaban J connectivity index is 1.83. The van der Waals surface area contributed by atoms with Gasteiger partial charge in [-0.25, -0.2) is 4.79 Å². The molecule has 2 rings (SSSR count). The Labute approximate surface area is 124 Å². The lowest BCUT2D eigenvalue weighted by Crippen LogP contribution is -2.51. The van der Waals surface area contributed by atoms with Crippen LogP contribution >= 0.6 is 0 Å². The molecular formula is C16H23NO4. The number of aliphatic hydroxyl groups excluding tert-OH is 1. The summed E-state index contributed by atoms with van der Waals surface area (Å²) < 4.78 is 5.55. The molecule has 0 heterocycles. The monoisotopic (exact) mass is 293 g/mol. The lowest BCUT2D eigenvalue weighted by molar-refractivity contribution is 0.0691. The number of benzene rings is 1. The number of carboxylic acids is 1. The van der Waals surface area contributed by atoms with Crippen molar-refractivity contribution in [3.05, 3.63) is 29.8 Å². The standard InChI is InChI=1S/C16H23NO4/c18-12-16(8-4-1-5-9-16)17-10-11-21-14-7-3-2-6-13(14)15(19)20/h2-3,6-7,17-18H,1,4-5,8-12H2,(H,19,20). The molecule has 0 saturated heterocycles. The van der Waals surface area contributed by atoms with Crippen molar-refractivity contribution < 1.29 is 19.7 Å². The van der Waals surface area contributed by atoms with Crippen molar-refractivity contribution in [2.45, 2.75) is 37.6 Å². The van der Waals surface area contributed by atoms with E-state index in [1.165, 1.54) is 12.5 Å². The van der Waals surface area contributed by atoms with Gasteiger partial charge in [-0.3, -0.25) is 0 Å². The van der Waals surface area contributed by atoms with Crippen LogP contribution in [0, 0.1) is 0 Å². The molecule has 5 nitrogen and oxygen atoms in total. The van der Waals surface area contributed by atoms with E-state index in [0.717, 1.165) is 25.7 Å². The zero-order valence-corrected chi connectivity index (χ0v) is 12.2. The first-order valence-electron chi connectivity index (χ1n) is 7.48. The molecule has 0 amide bonds. The zero-order valence-electron chi connectivity index (χ0n) is 12.2. The summed E-state index contributed by atoms with van der Waals surface area (Å²) in [6, 6.07) is 6.62. The number of hydrogen-bond donors (Lipinski definition) is 3. The van der Waals surface area contributed by atoms with Gasteiger partial charge in [0.15, 0.2) is 0 Å². The normalized spacial score (nSPS) is 17.4. The highest BCUT2D eigenvalue weighted by atomic mass is 16.5. The summed E-state index contributed by atoms with van der Waals surface area (Å²) in [5, 5.41) is 22.1. The first-order valence-corrected chi connectivity index (χ1v) is 7.48. The molecule has 0 aromatic heterocycles. The third-order valence-corrected chi connectivity index (χ3v) is 4.09. The fraction of sp³-hybridized carbons (Fsp3) is 0.562. The van der Waals surface area contributed by atoms with E-state index in [1.54, 1.807) is 18.2 Å². The second-order valence-corrected chi connectivity index (χ2v) is 5.58. The smallest absolute Gasteiger partial charge is 0.339 e. The van der Waals surface area contributed by atoms with Crippen molar-refractivity contribution in [2.75, 3.05) is 19.8 Å². The quantitative estimate of drug-likeness (QED) is 0.671. The Kier molecular flexibility index (Phi) is 5.59. The molecule has 1 aromatic rings. The van der Waals surface area contributed by atoms with Gasteiger partial charge in [-0.2, -0.15) is 0 Å². The number of carboxylic acid groups (broad SMARTS) is 1. The molecule has 3 N–H and O–H groups in total. The highest BCUT2D eigenvalue weighted by Crippen LogP contribution is 2.27. The molecule has 0 spiro atoms. The van der Waals surface area contributed by atoms with Gasteiger partial charge < -0.3 is 20.3 Å². The SMILES string of the molecule is O=C(O)c1ccccc1OCCNC1(CO)CCCCC1. The molecule has 0 unspecified atom stereocenters. The average molecular weight is 293 g/mol. The topological polar surface area (TPSA) is 78.8 Å². The highest BCUT2D eigenvalue weighted by molar-refractivity contribution is 5.90. The summed E-state index contributed by atoms with van der Waals surface area (Å²) in [7, 11) is 0. The van der Waals surface area contributed by atoms with Gasteiger partial charge in [0.05, 0.1) is 6.61 Å². The molecule has 1 aromatic carbocycles. The minimum absolute atomic E-state index is 0.138. The number of aromatic carboxylic acids is 1. The van der Waals surface area contributed by atoms with Gasteiger partial charge >= 0.3 is 5.97 Å². The fourth-order valence-corrected chi connectivity index (χ4v) is 2.87. The van der Waals surface area contributed by atoms with Gasteiger partial charge in [0.2, 0.25) is 0 Å². The van der Waals surface area contributed by atoms with Crippen LogP contribution in [0.4, 0.5) is 0 Å². The highest BCUT2D eigenvalue weighted by Gasteiger charge is 2.30. The molecule has 0 atom stereocenters. The van der Waals surface area contributed by atoms with Crippen molar-refractivity contribution >= 4 is 5.97 Å². The predicted octanol–water partition coefficient (Wildman–Crippen LogP) is 2.05. The van der Waals surface area contributed by atoms with E-state index in [1.807, 2.05) is 0 Å². The minimum atomic E-state index is -0.988. The Hall–Kier alpha value is -1.59. The van der Waals surface area contributed by atoms with Crippen molar-refractivity contribution in [1.29, 1.82) is 0 Å². The number of rotatable bonds is 7. The van der Waals surface area contributed by atoms with Crippen molar-refractivity contribution in [3.8, 4) is 5.75 Å². The van der Waals surface area contributed by atoms with Crippen molar-refractivity contribution in [1.82, 2.24) is 5.32 Å². The third kappa shape index (κ3) is 4.19. The van der Waals surface area contributed by atoms with E-state index >= 15 is 0 Å². The van der Waals surface area contributed by atoms with Crippen LogP contribution in [0.25, 0.3) is 0 Å². The van der Waals surface area contributed by atoms with E-state index in [-0.39, 0.29) is 17.7 Å². The van der Waals surface area contributed by atoms with E-state index in [2.05, 4.69) is 5.32 Å². The van der Waals surface area contributed by atoms with Gasteiger partial charge in [0.25, 0.3) is 0 Å². The number of ether oxygens (including phenoxy) is 1. The van der Waals surface area contributed by atoms with Crippen LogP contribution in [0.2, 0.25) is 0 Å². The van der Waals surface area contributed by atoms with Gasteiger partial charge in [0, 0.05) is 12.1 Å². The zero-order chi connectivity index (χ0) is 15.1. The number of carbonyl (C=O) groups is 1. The molecule has 1 aliphatic rings. The summed E-state index contributed by atoms with van der Waals surface area (Å²) in [6.45, 7) is 1.11. The van der Waals surface area contributed by atoms with E-state index < -0.39 is 5.97 Å². The van der Waals surface area contributed by atoms with Gasteiger partial charge in [-0.1, -0.05) is 31.4 Å². The maximum atomic E-state index is 11.1. The summed E-state index contributed by atoms with van der Waals surface area (Å²) >= 11 is 0. The first kappa shape index (κ1) is 15.8. The van der Waals surface area contributed by atoms with E-state index in [4.69, 9.17) is 9.84 Å². The number of hydrogen-bond acceptors (Lipinski definition) is 4. The van der Waals surface area contributed by atoms with Gasteiger partial charge in [-0.15, -0.1) is 0 Å². The Bertz CT molecular complexity index is 469. The molecule has 0 radical (unpaired) electrons. The minimum Gasteiger partial charge on any atom is -0.491 e. The Morgan fingerprint density at radius 3 is 2.62 bits per heavy atom. The summed E-state index contributed by atoms with van der Waals surface area (Å²) in [5.41, 5.74) is -0.0134. The molecule has 116 valence electrons. The number of para-hydroxylation sites is 1. The average Bonchev–Trinajstić information content (AvgIpc) is 2.53. The summed E-state index contributed by atoms with van der Waals surface area (Å²) in [4.78, 5) is 11.1. The molecule has 5 heteroatoms. The molecule has 1 aliphatic carbocycles. The predicted molar refractivity (Wildman–Crippen MR) is 79.8 cm³/mol. The molecule has 21 heavy (non-hydrogen) atoms. The fourth-order valence-electron chi connectivity index (χ4n) is 2.87. The number of aliphatic hydroxyl groups is 1. The second-order valence-electron chi connectivity index (χ2n) is 5.58. The third-order valence-electron chi connectivity index (χ3n) is 4.09. The second kappa shape index (κ2) is 7.43. The molecule has 0 aliphatic heterocycles. The van der Waals surface area contributed by atoms with Crippen LogP contribution in [-0.2, 0) is 0 Å². The van der Waals surface area contributed by atoms with Crippen LogP contribution in [0.15, 0.2) is 24.3 Å². The molecular weight excluding hydrogens is 270 g/mol.